The summed E-state index contributed by atoms with van der Waals surface area (Å²) in [6, 6.07) is -0.0589. The molecule has 1 N–H and O–H groups in total. The van der Waals surface area contributed by atoms with Crippen molar-refractivity contribution < 1.29 is 9.53 Å². The van der Waals surface area contributed by atoms with E-state index < -0.39 is 0 Å². The molecular weight excluding hydrogens is 216 g/mol. The van der Waals surface area contributed by atoms with Gasteiger partial charge in [0.05, 0.1) is 6.61 Å². The van der Waals surface area contributed by atoms with Crippen molar-refractivity contribution in [2.75, 3.05) is 26.7 Å². The maximum Gasteiger partial charge on any atom is 0.323 e. The number of hydrogen-bond donors (Lipinski definition) is 1. The number of nitrogens with zero attached hydrogens (tertiary/aromatic N) is 1. The van der Waals surface area contributed by atoms with Crippen LogP contribution in [0.4, 0.5) is 0 Å². The average Bonchev–Trinajstić information content (AvgIpc) is 2.33. The lowest BCUT2D eigenvalue weighted by atomic mass is 9.89. The molecule has 0 amide bonds. The second kappa shape index (κ2) is 6.36. The fraction of sp³-hybridized carbons (Fsp3) is 0.923. The average molecular weight is 242 g/mol. The lowest BCUT2D eigenvalue weighted by Crippen LogP contribution is -2.54. The zero-order chi connectivity index (χ0) is 12.9. The van der Waals surface area contributed by atoms with E-state index in [1.54, 1.807) is 0 Å². The number of rotatable bonds is 5. The molecule has 1 aliphatic heterocycles. The summed E-state index contributed by atoms with van der Waals surface area (Å²) in [5.74, 6) is -0.0666. The molecule has 0 aromatic heterocycles. The summed E-state index contributed by atoms with van der Waals surface area (Å²) in [4.78, 5) is 14.1. The fourth-order valence-electron chi connectivity index (χ4n) is 2.39. The van der Waals surface area contributed by atoms with E-state index in [1.165, 1.54) is 0 Å². The van der Waals surface area contributed by atoms with Crippen LogP contribution in [0.3, 0.4) is 0 Å². The number of hydrogen-bond acceptors (Lipinski definition) is 4. The topological polar surface area (TPSA) is 41.6 Å². The Labute approximate surface area is 105 Å². The van der Waals surface area contributed by atoms with E-state index in [1.807, 2.05) is 20.9 Å². The SMILES string of the molecule is CCOC(=O)C(CC)N1CCC(C)(NC)CC1. The Bertz CT molecular complexity index is 248. The van der Waals surface area contributed by atoms with Gasteiger partial charge in [-0.2, -0.15) is 0 Å². The summed E-state index contributed by atoms with van der Waals surface area (Å²) in [6.45, 7) is 8.56. The smallest absolute Gasteiger partial charge is 0.323 e. The van der Waals surface area contributed by atoms with Gasteiger partial charge in [-0.05, 0) is 40.2 Å². The molecule has 1 saturated heterocycles. The van der Waals surface area contributed by atoms with Crippen LogP contribution in [0.25, 0.3) is 0 Å². The van der Waals surface area contributed by atoms with Crippen LogP contribution in [-0.2, 0) is 9.53 Å². The summed E-state index contributed by atoms with van der Waals surface area (Å²) < 4.78 is 5.13. The zero-order valence-electron chi connectivity index (χ0n) is 11.6. The summed E-state index contributed by atoms with van der Waals surface area (Å²) in [6.07, 6.45) is 2.99. The summed E-state index contributed by atoms with van der Waals surface area (Å²) in [7, 11) is 2.01. The van der Waals surface area contributed by atoms with E-state index in [0.717, 1.165) is 32.4 Å². The second-order valence-electron chi connectivity index (χ2n) is 5.02. The zero-order valence-corrected chi connectivity index (χ0v) is 11.6. The van der Waals surface area contributed by atoms with Crippen molar-refractivity contribution in [1.82, 2.24) is 10.2 Å². The molecule has 4 nitrogen and oxygen atoms in total. The van der Waals surface area contributed by atoms with Gasteiger partial charge >= 0.3 is 5.97 Å². The maximum absolute atomic E-state index is 11.8. The number of nitrogens with one attached hydrogen (secondary N) is 1. The Morgan fingerprint density at radius 3 is 2.41 bits per heavy atom. The maximum atomic E-state index is 11.8. The lowest BCUT2D eigenvalue weighted by Gasteiger charge is -2.41. The predicted molar refractivity (Wildman–Crippen MR) is 69.0 cm³/mol. The van der Waals surface area contributed by atoms with Crippen LogP contribution in [0.15, 0.2) is 0 Å². The number of ether oxygens (including phenoxy) is 1. The molecule has 100 valence electrons. The van der Waals surface area contributed by atoms with Crippen molar-refractivity contribution in [3.63, 3.8) is 0 Å². The standard InChI is InChI=1S/C13H26N2O2/c1-5-11(12(16)17-6-2)15-9-7-13(3,14-4)8-10-15/h11,14H,5-10H2,1-4H3. The quantitative estimate of drug-likeness (QED) is 0.740. The van der Waals surface area contributed by atoms with E-state index >= 15 is 0 Å². The Morgan fingerprint density at radius 1 is 1.41 bits per heavy atom. The van der Waals surface area contributed by atoms with E-state index in [9.17, 15) is 4.79 Å². The van der Waals surface area contributed by atoms with Crippen molar-refractivity contribution in [2.24, 2.45) is 0 Å². The molecule has 1 aliphatic rings. The number of carbonyl (C=O) groups is 1. The molecule has 1 unspecified atom stereocenters. The van der Waals surface area contributed by atoms with Gasteiger partial charge in [0, 0.05) is 18.6 Å². The Balaban J connectivity index is 2.53. The molecule has 0 aromatic rings. The third-order valence-electron chi connectivity index (χ3n) is 3.89. The van der Waals surface area contributed by atoms with E-state index in [4.69, 9.17) is 4.74 Å². The first-order valence-corrected chi connectivity index (χ1v) is 6.66. The molecular formula is C13H26N2O2. The first kappa shape index (κ1) is 14.5. The number of likely N-dealkylation sites (tertiary alicyclic amines) is 1. The van der Waals surface area contributed by atoms with Gasteiger partial charge in [0.1, 0.15) is 6.04 Å². The van der Waals surface area contributed by atoms with Crippen molar-refractivity contribution in [3.05, 3.63) is 0 Å². The molecule has 0 radical (unpaired) electrons. The molecule has 4 heteroatoms. The fourth-order valence-corrected chi connectivity index (χ4v) is 2.39. The summed E-state index contributed by atoms with van der Waals surface area (Å²) >= 11 is 0. The summed E-state index contributed by atoms with van der Waals surface area (Å²) in [5.41, 5.74) is 0.226. The van der Waals surface area contributed by atoms with Crippen molar-refractivity contribution >= 4 is 5.97 Å². The largest absolute Gasteiger partial charge is 0.465 e. The van der Waals surface area contributed by atoms with Crippen LogP contribution >= 0.6 is 0 Å². The molecule has 0 aliphatic carbocycles. The molecule has 1 rings (SSSR count). The predicted octanol–water partition coefficient (Wildman–Crippen LogP) is 1.40. The van der Waals surface area contributed by atoms with Crippen LogP contribution in [0.1, 0.15) is 40.0 Å². The van der Waals surface area contributed by atoms with Crippen LogP contribution < -0.4 is 5.32 Å². The number of carbonyl (C=O) groups excluding carboxylic acids is 1. The minimum Gasteiger partial charge on any atom is -0.465 e. The Kier molecular flexibility index (Phi) is 5.40. The van der Waals surface area contributed by atoms with Gasteiger partial charge in [-0.3, -0.25) is 9.69 Å². The highest BCUT2D eigenvalue weighted by atomic mass is 16.5. The van der Waals surface area contributed by atoms with Crippen LogP contribution in [0.2, 0.25) is 0 Å². The lowest BCUT2D eigenvalue weighted by molar-refractivity contribution is -0.150. The highest BCUT2D eigenvalue weighted by Crippen LogP contribution is 2.23. The van der Waals surface area contributed by atoms with Gasteiger partial charge in [-0.15, -0.1) is 0 Å². The van der Waals surface area contributed by atoms with Gasteiger partial charge in [-0.25, -0.2) is 0 Å². The highest BCUT2D eigenvalue weighted by Gasteiger charge is 2.33. The van der Waals surface area contributed by atoms with Crippen LogP contribution in [0, 0.1) is 0 Å². The molecule has 0 aromatic carbocycles. The molecule has 17 heavy (non-hydrogen) atoms. The van der Waals surface area contributed by atoms with Crippen molar-refractivity contribution in [3.8, 4) is 0 Å². The van der Waals surface area contributed by atoms with Gasteiger partial charge < -0.3 is 10.1 Å². The first-order chi connectivity index (χ1) is 8.06. The van der Waals surface area contributed by atoms with Crippen molar-refractivity contribution in [1.29, 1.82) is 0 Å². The van der Waals surface area contributed by atoms with Crippen LogP contribution in [0.5, 0.6) is 0 Å². The molecule has 1 heterocycles. The van der Waals surface area contributed by atoms with Gasteiger partial charge in [0.2, 0.25) is 0 Å². The van der Waals surface area contributed by atoms with Gasteiger partial charge in [0.25, 0.3) is 0 Å². The highest BCUT2D eigenvalue weighted by molar-refractivity contribution is 5.75. The normalized spacial score (nSPS) is 22.1. The van der Waals surface area contributed by atoms with Crippen molar-refractivity contribution in [2.45, 2.75) is 51.6 Å². The molecule has 0 bridgehead atoms. The minimum absolute atomic E-state index is 0.0589. The molecule has 1 atom stereocenters. The molecule has 1 fully saturated rings. The molecule has 0 saturated carbocycles. The van der Waals surface area contributed by atoms with Crippen LogP contribution in [-0.4, -0.2) is 49.2 Å². The Hall–Kier alpha value is -0.610. The van der Waals surface area contributed by atoms with Gasteiger partial charge in [0.15, 0.2) is 0 Å². The molecule has 0 spiro atoms. The Morgan fingerprint density at radius 2 is 2.00 bits per heavy atom. The number of piperidine rings is 1. The minimum atomic E-state index is -0.0666. The van der Waals surface area contributed by atoms with E-state index in [-0.39, 0.29) is 17.6 Å². The number of esters is 1. The summed E-state index contributed by atoms with van der Waals surface area (Å²) in [5, 5.41) is 3.37. The monoisotopic (exact) mass is 242 g/mol. The third kappa shape index (κ3) is 3.68. The van der Waals surface area contributed by atoms with E-state index in [0.29, 0.717) is 6.61 Å². The van der Waals surface area contributed by atoms with E-state index in [2.05, 4.69) is 17.1 Å². The first-order valence-electron chi connectivity index (χ1n) is 6.66. The second-order valence-corrected chi connectivity index (χ2v) is 5.02. The van der Waals surface area contributed by atoms with Gasteiger partial charge in [-0.1, -0.05) is 6.92 Å². The third-order valence-corrected chi connectivity index (χ3v) is 3.89.